The summed E-state index contributed by atoms with van der Waals surface area (Å²) in [5.74, 6) is 0.795. The maximum Gasteiger partial charge on any atom is 0.0774 e. The molecule has 0 aromatic carbocycles. The Bertz CT molecular complexity index is 259. The normalized spacial score (nSPS) is 24.9. The molecule has 4 nitrogen and oxygen atoms in total. The van der Waals surface area contributed by atoms with Crippen molar-refractivity contribution in [3.8, 4) is 0 Å². The first-order valence-corrected chi connectivity index (χ1v) is 8.36. The Balaban J connectivity index is 1.61. The second-order valence-corrected chi connectivity index (χ2v) is 6.70. The zero-order valence-electron chi connectivity index (χ0n) is 13.1. The molecule has 0 aromatic rings. The fourth-order valence-electron chi connectivity index (χ4n) is 3.61. The predicted octanol–water partition coefficient (Wildman–Crippen LogP) is 1.63. The number of rotatable bonds is 7. The van der Waals surface area contributed by atoms with Crippen LogP contribution in [-0.4, -0.2) is 62.0 Å². The summed E-state index contributed by atoms with van der Waals surface area (Å²) in [5, 5.41) is 14.1. The summed E-state index contributed by atoms with van der Waals surface area (Å²) in [6.07, 6.45) is 8.24. The molecule has 20 heavy (non-hydrogen) atoms. The number of β-amino-alcohol motifs (C(OH)–C–C–N with tert-alkyl or cyclic N) is 1. The third-order valence-corrected chi connectivity index (χ3v) is 4.93. The van der Waals surface area contributed by atoms with Crippen molar-refractivity contribution >= 4 is 0 Å². The molecule has 118 valence electrons. The molecule has 2 N–H and O–H groups in total. The van der Waals surface area contributed by atoms with Crippen molar-refractivity contribution in [1.82, 2.24) is 10.2 Å². The number of piperidine rings is 1. The smallest absolute Gasteiger partial charge is 0.0774 e. The molecule has 1 aliphatic heterocycles. The van der Waals surface area contributed by atoms with E-state index in [1.807, 2.05) is 0 Å². The minimum absolute atomic E-state index is 0.387. The number of hydrogen-bond donors (Lipinski definition) is 2. The molecule has 1 heterocycles. The Morgan fingerprint density at radius 3 is 2.55 bits per heavy atom. The molecule has 4 heteroatoms. The average molecular weight is 284 g/mol. The van der Waals surface area contributed by atoms with Crippen molar-refractivity contribution in [2.45, 2.75) is 50.5 Å². The van der Waals surface area contributed by atoms with Crippen LogP contribution in [0.3, 0.4) is 0 Å². The lowest BCUT2D eigenvalue weighted by Gasteiger charge is -2.40. The number of methoxy groups -OCH3 is 1. The molecule has 1 saturated heterocycles. The molecule has 0 bridgehead atoms. The molecule has 0 spiro atoms. The highest BCUT2D eigenvalue weighted by Crippen LogP contribution is 2.30. The van der Waals surface area contributed by atoms with E-state index in [2.05, 4.69) is 10.2 Å². The topological polar surface area (TPSA) is 44.7 Å². The number of nitrogens with zero attached hydrogens (tertiary/aromatic N) is 1. The van der Waals surface area contributed by atoms with Crippen LogP contribution in [0.1, 0.15) is 44.9 Å². The summed E-state index contributed by atoms with van der Waals surface area (Å²) >= 11 is 0. The average Bonchev–Trinajstić information content (AvgIpc) is 2.46. The Morgan fingerprint density at radius 2 is 1.90 bits per heavy atom. The number of hydrogen-bond acceptors (Lipinski definition) is 4. The zero-order chi connectivity index (χ0) is 14.3. The zero-order valence-corrected chi connectivity index (χ0v) is 13.1. The van der Waals surface area contributed by atoms with Crippen LogP contribution in [-0.2, 0) is 4.74 Å². The van der Waals surface area contributed by atoms with E-state index in [9.17, 15) is 5.11 Å². The van der Waals surface area contributed by atoms with Crippen LogP contribution in [0.5, 0.6) is 0 Å². The molecule has 0 amide bonds. The van der Waals surface area contributed by atoms with Gasteiger partial charge in [-0.05, 0) is 51.2 Å². The molecule has 1 saturated carbocycles. The standard InChI is InChI=1S/C16H32N2O2/c1-20-12-9-17-13-15-5-10-18(11-6-15)14-16(19)7-3-2-4-8-16/h15,17,19H,2-14H2,1H3. The monoisotopic (exact) mass is 284 g/mol. The van der Waals surface area contributed by atoms with Gasteiger partial charge in [0.05, 0.1) is 12.2 Å². The van der Waals surface area contributed by atoms with Crippen LogP contribution < -0.4 is 5.32 Å². The summed E-state index contributed by atoms with van der Waals surface area (Å²) in [4.78, 5) is 2.48. The van der Waals surface area contributed by atoms with E-state index in [1.54, 1.807) is 7.11 Å². The summed E-state index contributed by atoms with van der Waals surface area (Å²) in [7, 11) is 1.75. The SMILES string of the molecule is COCCNCC1CCN(CC2(O)CCCCC2)CC1. The number of aliphatic hydroxyl groups is 1. The Kier molecular flexibility index (Phi) is 6.75. The van der Waals surface area contributed by atoms with Crippen LogP contribution in [0.15, 0.2) is 0 Å². The molecule has 2 rings (SSSR count). The largest absolute Gasteiger partial charge is 0.389 e. The highest BCUT2D eigenvalue weighted by atomic mass is 16.5. The quantitative estimate of drug-likeness (QED) is 0.698. The van der Waals surface area contributed by atoms with E-state index >= 15 is 0 Å². The first-order valence-electron chi connectivity index (χ1n) is 8.36. The van der Waals surface area contributed by atoms with Gasteiger partial charge in [0.1, 0.15) is 0 Å². The Hall–Kier alpha value is -0.160. The van der Waals surface area contributed by atoms with Crippen LogP contribution in [0.2, 0.25) is 0 Å². The minimum atomic E-state index is -0.387. The van der Waals surface area contributed by atoms with Gasteiger partial charge in [-0.25, -0.2) is 0 Å². The summed E-state index contributed by atoms with van der Waals surface area (Å²) in [6, 6.07) is 0. The number of likely N-dealkylation sites (tertiary alicyclic amines) is 1. The van der Waals surface area contributed by atoms with E-state index in [0.29, 0.717) is 0 Å². The highest BCUT2D eigenvalue weighted by molar-refractivity contribution is 4.87. The van der Waals surface area contributed by atoms with Crippen molar-refractivity contribution < 1.29 is 9.84 Å². The van der Waals surface area contributed by atoms with Crippen LogP contribution in [0, 0.1) is 5.92 Å². The summed E-state index contributed by atoms with van der Waals surface area (Å²) < 4.78 is 5.05. The summed E-state index contributed by atoms with van der Waals surface area (Å²) in [5.41, 5.74) is -0.387. The van der Waals surface area contributed by atoms with E-state index in [4.69, 9.17) is 4.74 Å². The molecular formula is C16H32N2O2. The van der Waals surface area contributed by atoms with Crippen molar-refractivity contribution in [2.24, 2.45) is 5.92 Å². The second kappa shape index (κ2) is 8.32. The minimum Gasteiger partial charge on any atom is -0.389 e. The van der Waals surface area contributed by atoms with E-state index < -0.39 is 0 Å². The first kappa shape index (κ1) is 16.2. The van der Waals surface area contributed by atoms with Crippen molar-refractivity contribution in [3.63, 3.8) is 0 Å². The highest BCUT2D eigenvalue weighted by Gasteiger charge is 2.32. The van der Waals surface area contributed by atoms with Gasteiger partial charge >= 0.3 is 0 Å². The van der Waals surface area contributed by atoms with Crippen LogP contribution in [0.4, 0.5) is 0 Å². The third kappa shape index (κ3) is 5.32. The van der Waals surface area contributed by atoms with Crippen molar-refractivity contribution in [1.29, 1.82) is 0 Å². The molecular weight excluding hydrogens is 252 g/mol. The molecule has 1 aliphatic carbocycles. The summed E-state index contributed by atoms with van der Waals surface area (Å²) in [6.45, 7) is 6.07. The molecule has 0 unspecified atom stereocenters. The second-order valence-electron chi connectivity index (χ2n) is 6.70. The number of nitrogens with one attached hydrogen (secondary N) is 1. The Labute approximate surface area is 123 Å². The molecule has 2 aliphatic rings. The molecule has 2 fully saturated rings. The van der Waals surface area contributed by atoms with Gasteiger partial charge in [-0.15, -0.1) is 0 Å². The molecule has 0 aromatic heterocycles. The fourth-order valence-corrected chi connectivity index (χ4v) is 3.61. The van der Waals surface area contributed by atoms with Crippen LogP contribution >= 0.6 is 0 Å². The Morgan fingerprint density at radius 1 is 1.20 bits per heavy atom. The third-order valence-electron chi connectivity index (χ3n) is 4.93. The van der Waals surface area contributed by atoms with Gasteiger partial charge in [0.15, 0.2) is 0 Å². The lowest BCUT2D eigenvalue weighted by Crippen LogP contribution is -2.47. The van der Waals surface area contributed by atoms with E-state index in [1.165, 1.54) is 32.1 Å². The molecule has 0 atom stereocenters. The van der Waals surface area contributed by atoms with Gasteiger partial charge in [0.2, 0.25) is 0 Å². The number of ether oxygens (including phenoxy) is 1. The van der Waals surface area contributed by atoms with Crippen LogP contribution in [0.25, 0.3) is 0 Å². The predicted molar refractivity (Wildman–Crippen MR) is 81.9 cm³/mol. The first-order chi connectivity index (χ1) is 9.72. The lowest BCUT2D eigenvalue weighted by atomic mass is 9.84. The van der Waals surface area contributed by atoms with Gasteiger partial charge in [0.25, 0.3) is 0 Å². The van der Waals surface area contributed by atoms with Gasteiger partial charge in [-0.2, -0.15) is 0 Å². The van der Waals surface area contributed by atoms with E-state index in [0.717, 1.165) is 58.1 Å². The van der Waals surface area contributed by atoms with E-state index in [-0.39, 0.29) is 5.60 Å². The lowest BCUT2D eigenvalue weighted by molar-refractivity contribution is -0.0326. The van der Waals surface area contributed by atoms with Gasteiger partial charge in [-0.1, -0.05) is 19.3 Å². The maximum absolute atomic E-state index is 10.6. The maximum atomic E-state index is 10.6. The van der Waals surface area contributed by atoms with Gasteiger partial charge in [-0.3, -0.25) is 0 Å². The fraction of sp³-hybridized carbons (Fsp3) is 1.00. The van der Waals surface area contributed by atoms with Gasteiger partial charge in [0, 0.05) is 20.2 Å². The van der Waals surface area contributed by atoms with Gasteiger partial charge < -0.3 is 20.1 Å². The van der Waals surface area contributed by atoms with Crippen molar-refractivity contribution in [2.75, 3.05) is 46.4 Å². The van der Waals surface area contributed by atoms with Crippen molar-refractivity contribution in [3.05, 3.63) is 0 Å². The molecule has 0 radical (unpaired) electrons.